The summed E-state index contributed by atoms with van der Waals surface area (Å²) in [6.07, 6.45) is 42.3. The van der Waals surface area contributed by atoms with Gasteiger partial charge in [0.05, 0.1) is 44.9 Å². The maximum absolute atomic E-state index is 15.6. The molecule has 3 N–H and O–H groups in total. The van der Waals surface area contributed by atoms with Crippen molar-refractivity contribution in [2.75, 3.05) is 13.2 Å². The molecule has 19 heteroatoms. The highest BCUT2D eigenvalue weighted by molar-refractivity contribution is 6.99. The van der Waals surface area contributed by atoms with Gasteiger partial charge in [-0.3, -0.25) is 33.6 Å². The lowest BCUT2D eigenvalue weighted by Gasteiger charge is -2.47. The number of unbranched alkanes of at least 4 members (excludes halogenated alkanes) is 42. The molecule has 4 rings (SSSR count). The number of rotatable bonds is 78. The summed E-state index contributed by atoms with van der Waals surface area (Å²) in [6, 6.07) is 26.7. The number of esters is 5. The Morgan fingerprint density at radius 3 is 1.09 bits per heavy atom. The van der Waals surface area contributed by atoms with Gasteiger partial charge in [-0.25, -0.2) is 0 Å². The quantitative estimate of drug-likeness (QED) is 0.0206. The van der Waals surface area contributed by atoms with Gasteiger partial charge in [-0.15, -0.1) is 0 Å². The van der Waals surface area contributed by atoms with Crippen LogP contribution in [0.4, 0.5) is 0 Å². The molecule has 1 saturated heterocycles. The van der Waals surface area contributed by atoms with E-state index in [0.29, 0.717) is 51.4 Å². The number of ether oxygens (including phenoxy) is 7. The third kappa shape index (κ3) is 50.1. The Morgan fingerprint density at radius 1 is 0.395 bits per heavy atom. The first-order chi connectivity index (χ1) is 60.3. The van der Waals surface area contributed by atoms with Crippen molar-refractivity contribution in [2.45, 2.75) is 501 Å². The van der Waals surface area contributed by atoms with Gasteiger partial charge in [0.1, 0.15) is 43.2 Å². The van der Waals surface area contributed by atoms with Gasteiger partial charge in [0.25, 0.3) is 8.32 Å². The topological polar surface area (TPSA) is 238 Å². The van der Waals surface area contributed by atoms with Crippen molar-refractivity contribution in [3.63, 3.8) is 0 Å². The number of hydrogen-bond acceptors (Lipinski definition) is 16. The van der Waals surface area contributed by atoms with Gasteiger partial charge in [0.15, 0.2) is 12.4 Å². The lowest BCUT2D eigenvalue weighted by atomic mass is 9.95. The van der Waals surface area contributed by atoms with Crippen LogP contribution in [0.3, 0.4) is 0 Å². The highest BCUT2D eigenvalue weighted by Gasteiger charge is 2.54. The number of aliphatic hydroxyl groups is 1. The lowest BCUT2D eigenvalue weighted by molar-refractivity contribution is -0.274. The molecule has 706 valence electrons. The first kappa shape index (κ1) is 110. The van der Waals surface area contributed by atoms with Crippen LogP contribution in [0.15, 0.2) is 91.0 Å². The summed E-state index contributed by atoms with van der Waals surface area (Å²) in [5, 5.41) is 21.1. The van der Waals surface area contributed by atoms with Gasteiger partial charge in [0.2, 0.25) is 11.8 Å². The predicted molar refractivity (Wildman–Crippen MR) is 506 cm³/mol. The molecule has 0 aromatic heterocycles. The zero-order valence-electron chi connectivity index (χ0n) is 79.6. The molecule has 3 aromatic rings. The van der Waals surface area contributed by atoms with Gasteiger partial charge in [-0.1, -0.05) is 423 Å². The Labute approximate surface area is 754 Å². The van der Waals surface area contributed by atoms with E-state index in [4.69, 9.17) is 37.6 Å². The summed E-state index contributed by atoms with van der Waals surface area (Å²) in [7, 11) is -3.44. The highest BCUT2D eigenvalue weighted by atomic mass is 28.4. The number of hydrogen-bond donors (Lipinski definition) is 3. The molecule has 0 saturated carbocycles. The van der Waals surface area contributed by atoms with Crippen LogP contribution < -0.4 is 21.0 Å². The second-order valence-electron chi connectivity index (χ2n) is 36.9. The van der Waals surface area contributed by atoms with Gasteiger partial charge >= 0.3 is 29.8 Å². The Kier molecular flexibility index (Phi) is 63.1. The van der Waals surface area contributed by atoms with E-state index >= 15 is 14.4 Å². The molecule has 3 aromatic carbocycles. The van der Waals surface area contributed by atoms with E-state index in [9.17, 15) is 24.3 Å². The summed E-state index contributed by atoms with van der Waals surface area (Å²) in [6.45, 7) is 18.9. The number of nitrogens with one attached hydrogen (secondary N) is 2. The van der Waals surface area contributed by atoms with Crippen LogP contribution in [-0.2, 0) is 77.8 Å². The molecule has 0 spiro atoms. The van der Waals surface area contributed by atoms with Crippen molar-refractivity contribution in [2.24, 2.45) is 0 Å². The molecule has 2 amide bonds. The van der Waals surface area contributed by atoms with E-state index in [1.54, 1.807) is 0 Å². The standard InChI is InChI=1S/C105H176N2O16Si/c1-10-16-22-28-34-37-43-46-57-69-88(119-96(110)76-64-49-40-31-25-19-13-4)80-94(108)106-87(79-99(113)116-83-86-67-55-52-56-68-86)84-117-104-101(107-95(109)81-89(70-58-47-44-38-35-29-23-17-11-2)120-97(111)77-65-50-41-32-26-20-14-5)103(102(115)93(122-104)85-118-124(105(7,8)9,91-72-60-53-61-73-91)92-74-62-54-63-75-92)123-100(114)82-90(71-59-48-45-39-36-30-24-18-12-3)121-98(112)78-66-51-42-33-27-21-15-6/h52-56,60-63,67-68,72-75,87-90,93,101-104,115H,10-51,57-59,64-66,69-71,76-85H2,1-9H3,(H,106,108)(H,107,109)/t87-,88-,89-,90-,93-,101-,102-,103-,104-/m1/s1. The molecule has 1 aliphatic rings. The van der Waals surface area contributed by atoms with Gasteiger partial charge in [0, 0.05) is 19.3 Å². The Hall–Kier alpha value is -5.99. The Morgan fingerprint density at radius 2 is 0.726 bits per heavy atom. The summed E-state index contributed by atoms with van der Waals surface area (Å²) in [5.41, 5.74) is 0.750. The molecule has 1 fully saturated rings. The molecule has 0 aliphatic carbocycles. The van der Waals surface area contributed by atoms with Crippen molar-refractivity contribution >= 4 is 60.4 Å². The summed E-state index contributed by atoms with van der Waals surface area (Å²) >= 11 is 0. The number of aliphatic hydroxyl groups excluding tert-OH is 1. The molecule has 18 nitrogen and oxygen atoms in total. The first-order valence-electron chi connectivity index (χ1n) is 50.6. The van der Waals surface area contributed by atoms with Crippen molar-refractivity contribution < 1.29 is 76.3 Å². The zero-order valence-corrected chi connectivity index (χ0v) is 80.6. The first-order valence-corrected chi connectivity index (χ1v) is 52.5. The minimum Gasteiger partial charge on any atom is -0.462 e. The van der Waals surface area contributed by atoms with Gasteiger partial charge in [-0.2, -0.15) is 0 Å². The van der Waals surface area contributed by atoms with E-state index in [1.165, 1.54) is 96.3 Å². The largest absolute Gasteiger partial charge is 0.462 e. The molecule has 0 unspecified atom stereocenters. The normalized spacial score (nSPS) is 16.4. The fraction of sp³-hybridized carbons (Fsp3) is 0.762. The van der Waals surface area contributed by atoms with E-state index < -0.39 is 111 Å². The monoisotopic (exact) mass is 1750 g/mol. The van der Waals surface area contributed by atoms with Crippen molar-refractivity contribution in [1.82, 2.24) is 10.6 Å². The van der Waals surface area contributed by atoms with E-state index in [0.717, 1.165) is 196 Å². The molecular formula is C105H176N2O16Si. The maximum atomic E-state index is 15.6. The molecule has 0 bridgehead atoms. The fourth-order valence-corrected chi connectivity index (χ4v) is 21.8. The van der Waals surface area contributed by atoms with Crippen molar-refractivity contribution in [3.8, 4) is 0 Å². The second-order valence-corrected chi connectivity index (χ2v) is 41.2. The molecule has 1 heterocycles. The smallest absolute Gasteiger partial charge is 0.310 e. The van der Waals surface area contributed by atoms with E-state index in [2.05, 4.69) is 97.2 Å². The van der Waals surface area contributed by atoms with Crippen LogP contribution in [0.25, 0.3) is 0 Å². The minimum absolute atomic E-state index is 0.0541. The van der Waals surface area contributed by atoms with E-state index in [-0.39, 0.29) is 63.7 Å². The van der Waals surface area contributed by atoms with Crippen LogP contribution in [0.2, 0.25) is 5.04 Å². The highest BCUT2D eigenvalue weighted by Crippen LogP contribution is 2.38. The number of benzene rings is 3. The SMILES string of the molecule is CCCCCCCCCCC[C@H](CC(=O)N[C@@H](CO[C@@H]1O[C@H](CO[Si](c2ccccc2)(c2ccccc2)C(C)(C)C)[C@@H](O)[C@H](OC(=O)C[C@@H](CCCCCCCCCCC)OC(=O)CCCCCCCCC)[C@H]1NC(=O)C[C@@H](CCCCCCCCCCC)OC(=O)CCCCCCCCC)CC(=O)OCc1ccccc1)OC(=O)CCCCCCCCC. The Balaban J connectivity index is 1.92. The van der Waals surface area contributed by atoms with Gasteiger partial charge < -0.3 is 53.3 Å². The second kappa shape index (κ2) is 70.9. The summed E-state index contributed by atoms with van der Waals surface area (Å²) < 4.78 is 53.2. The van der Waals surface area contributed by atoms with Gasteiger partial charge in [-0.05, 0) is 78.8 Å². The molecular weight excluding hydrogens is 1570 g/mol. The lowest BCUT2D eigenvalue weighted by Crippen LogP contribution is -2.69. The molecule has 1 aliphatic heterocycles. The van der Waals surface area contributed by atoms with Crippen molar-refractivity contribution in [1.29, 1.82) is 0 Å². The number of carbonyl (C=O) groups is 7. The van der Waals surface area contributed by atoms with Crippen LogP contribution in [0, 0.1) is 0 Å². The zero-order chi connectivity index (χ0) is 89.8. The number of amides is 2. The minimum atomic E-state index is -3.44. The summed E-state index contributed by atoms with van der Waals surface area (Å²) in [5.74, 6) is -3.69. The number of carbonyl (C=O) groups excluding carboxylic acids is 7. The Bertz CT molecular complexity index is 3130. The summed E-state index contributed by atoms with van der Waals surface area (Å²) in [4.78, 5) is 102. The van der Waals surface area contributed by atoms with Crippen LogP contribution in [0.1, 0.15) is 440 Å². The third-order valence-corrected chi connectivity index (χ3v) is 29.6. The molecule has 0 radical (unpaired) electrons. The molecule has 124 heavy (non-hydrogen) atoms. The van der Waals surface area contributed by atoms with Crippen molar-refractivity contribution in [3.05, 3.63) is 96.6 Å². The van der Waals surface area contributed by atoms with Crippen LogP contribution in [-0.4, -0.2) is 123 Å². The average molecular weight is 1750 g/mol. The maximum Gasteiger partial charge on any atom is 0.310 e. The molecule has 9 atom stereocenters. The van der Waals surface area contributed by atoms with E-state index in [1.807, 2.05) is 66.7 Å². The van der Waals surface area contributed by atoms with Crippen LogP contribution in [0.5, 0.6) is 0 Å². The predicted octanol–water partition coefficient (Wildman–Crippen LogP) is 24.8. The third-order valence-electron chi connectivity index (χ3n) is 24.6. The van der Waals surface area contributed by atoms with Crippen LogP contribution >= 0.6 is 0 Å². The fourth-order valence-electron chi connectivity index (χ4n) is 17.2. The average Bonchev–Trinajstić information content (AvgIpc) is 0.718.